The smallest absolute Gasteiger partial charge is 0.340 e. The van der Waals surface area contributed by atoms with E-state index in [1.165, 1.54) is 4.68 Å². The maximum Gasteiger partial charge on any atom is 0.340 e. The number of carboxylic acids is 1. The summed E-state index contributed by atoms with van der Waals surface area (Å²) in [5, 5.41) is 13.8. The molecule has 1 heterocycles. The van der Waals surface area contributed by atoms with E-state index < -0.39 is 5.97 Å². The fourth-order valence-electron chi connectivity index (χ4n) is 2.04. The van der Waals surface area contributed by atoms with Crippen molar-refractivity contribution < 1.29 is 14.6 Å². The fraction of sp³-hybridized carbons (Fsp3) is 0.333. The molecule has 2 rings (SSSR count). The number of carboxylic acid groups (broad SMARTS) is 1. The summed E-state index contributed by atoms with van der Waals surface area (Å²) < 4.78 is 6.82. The second kappa shape index (κ2) is 6.18. The quantitative estimate of drug-likeness (QED) is 0.913. The molecular weight excluding hydrogens is 292 g/mol. The van der Waals surface area contributed by atoms with Crippen LogP contribution in [-0.2, 0) is 0 Å². The molecule has 0 spiro atoms. The van der Waals surface area contributed by atoms with E-state index in [-0.39, 0.29) is 16.6 Å². The predicted octanol–water partition coefficient (Wildman–Crippen LogP) is 3.75. The molecule has 0 atom stereocenters. The molecule has 112 valence electrons. The monoisotopic (exact) mass is 308 g/mol. The molecule has 5 nitrogen and oxygen atoms in total. The molecule has 0 bridgehead atoms. The highest BCUT2D eigenvalue weighted by atomic mass is 35.5. The van der Waals surface area contributed by atoms with Crippen LogP contribution in [0.15, 0.2) is 24.3 Å². The summed E-state index contributed by atoms with van der Waals surface area (Å²) in [5.41, 5.74) is 1.22. The number of rotatable bonds is 5. The first-order chi connectivity index (χ1) is 9.95. The Morgan fingerprint density at radius 1 is 1.38 bits per heavy atom. The van der Waals surface area contributed by atoms with Crippen molar-refractivity contribution in [1.82, 2.24) is 9.78 Å². The number of benzene rings is 1. The second-order valence-corrected chi connectivity index (χ2v) is 5.21. The summed E-state index contributed by atoms with van der Waals surface area (Å²) in [7, 11) is 0. The van der Waals surface area contributed by atoms with E-state index in [0.717, 1.165) is 5.75 Å². The molecule has 0 saturated heterocycles. The van der Waals surface area contributed by atoms with Crippen LogP contribution in [-0.4, -0.2) is 27.5 Å². The molecule has 0 saturated carbocycles. The van der Waals surface area contributed by atoms with Crippen LogP contribution < -0.4 is 4.74 Å². The molecular formula is C15H17ClN2O3. The summed E-state index contributed by atoms with van der Waals surface area (Å²) in [5.74, 6) is -0.356. The minimum Gasteiger partial charge on any atom is -0.494 e. The average molecular weight is 309 g/mol. The van der Waals surface area contributed by atoms with E-state index in [9.17, 15) is 9.90 Å². The first-order valence-electron chi connectivity index (χ1n) is 6.70. The molecule has 0 aliphatic heterocycles. The molecule has 0 unspecified atom stereocenters. The Kier molecular flexibility index (Phi) is 4.53. The van der Waals surface area contributed by atoms with Gasteiger partial charge in [0.25, 0.3) is 0 Å². The highest BCUT2D eigenvalue weighted by molar-refractivity contribution is 6.33. The Morgan fingerprint density at radius 3 is 2.43 bits per heavy atom. The molecule has 1 aromatic heterocycles. The summed E-state index contributed by atoms with van der Waals surface area (Å²) in [6.45, 7) is 6.26. The van der Waals surface area contributed by atoms with Crippen molar-refractivity contribution in [3.63, 3.8) is 0 Å². The normalized spacial score (nSPS) is 10.9. The van der Waals surface area contributed by atoms with Crippen LogP contribution in [0.25, 0.3) is 5.69 Å². The molecule has 0 aliphatic carbocycles. The lowest BCUT2D eigenvalue weighted by Crippen LogP contribution is -2.01. The summed E-state index contributed by atoms with van der Waals surface area (Å²) in [4.78, 5) is 11.4. The summed E-state index contributed by atoms with van der Waals surface area (Å²) in [6, 6.07) is 7.18. The van der Waals surface area contributed by atoms with Crippen LogP contribution in [0, 0.1) is 0 Å². The van der Waals surface area contributed by atoms with Crippen LogP contribution in [0.1, 0.15) is 42.7 Å². The molecule has 0 aliphatic rings. The summed E-state index contributed by atoms with van der Waals surface area (Å²) in [6.07, 6.45) is 0. The molecule has 21 heavy (non-hydrogen) atoms. The van der Waals surface area contributed by atoms with E-state index in [2.05, 4.69) is 5.10 Å². The third kappa shape index (κ3) is 3.03. The molecule has 6 heteroatoms. The van der Waals surface area contributed by atoms with Gasteiger partial charge in [0.05, 0.1) is 18.0 Å². The lowest BCUT2D eigenvalue weighted by molar-refractivity contribution is 0.0695. The highest BCUT2D eigenvalue weighted by Gasteiger charge is 2.24. The lowest BCUT2D eigenvalue weighted by Gasteiger charge is -2.06. The number of hydrogen-bond donors (Lipinski definition) is 1. The van der Waals surface area contributed by atoms with Gasteiger partial charge in [0, 0.05) is 0 Å². The SMILES string of the molecule is CCOc1ccc(-n2nc(C(C)C)c(C(=O)O)c2Cl)cc1. The molecule has 0 fully saturated rings. The van der Waals surface area contributed by atoms with Gasteiger partial charge in [-0.1, -0.05) is 25.4 Å². The van der Waals surface area contributed by atoms with Gasteiger partial charge in [-0.15, -0.1) is 0 Å². The van der Waals surface area contributed by atoms with Gasteiger partial charge in [0.2, 0.25) is 0 Å². The Bertz CT molecular complexity index is 648. The van der Waals surface area contributed by atoms with Gasteiger partial charge in [0.15, 0.2) is 0 Å². The van der Waals surface area contributed by atoms with Crippen LogP contribution in [0.4, 0.5) is 0 Å². The van der Waals surface area contributed by atoms with Gasteiger partial charge < -0.3 is 9.84 Å². The van der Waals surface area contributed by atoms with Crippen molar-refractivity contribution in [3.05, 3.63) is 40.7 Å². The Labute approximate surface area is 128 Å². The standard InChI is InChI=1S/C15H17ClN2O3/c1-4-21-11-7-5-10(6-8-11)18-14(16)12(15(19)20)13(17-18)9(2)3/h5-9H,4H2,1-3H3,(H,19,20). The molecule has 2 aromatic rings. The van der Waals surface area contributed by atoms with E-state index in [1.807, 2.05) is 20.8 Å². The van der Waals surface area contributed by atoms with Crippen molar-refractivity contribution in [2.45, 2.75) is 26.7 Å². The van der Waals surface area contributed by atoms with Crippen molar-refractivity contribution in [2.24, 2.45) is 0 Å². The minimum atomic E-state index is -1.07. The number of halogens is 1. The molecule has 0 radical (unpaired) electrons. The number of aromatic carboxylic acids is 1. The number of nitrogens with zero attached hydrogens (tertiary/aromatic N) is 2. The van der Waals surface area contributed by atoms with Gasteiger partial charge in [-0.05, 0) is 37.1 Å². The van der Waals surface area contributed by atoms with Gasteiger partial charge in [0.1, 0.15) is 16.5 Å². The van der Waals surface area contributed by atoms with E-state index >= 15 is 0 Å². The largest absolute Gasteiger partial charge is 0.494 e. The predicted molar refractivity (Wildman–Crippen MR) is 80.8 cm³/mol. The maximum atomic E-state index is 11.4. The summed E-state index contributed by atoms with van der Waals surface area (Å²) >= 11 is 6.19. The average Bonchev–Trinajstić information content (AvgIpc) is 2.78. The molecule has 1 N–H and O–H groups in total. The van der Waals surface area contributed by atoms with Crippen molar-refractivity contribution >= 4 is 17.6 Å². The maximum absolute atomic E-state index is 11.4. The van der Waals surface area contributed by atoms with Crippen LogP contribution in [0.2, 0.25) is 5.15 Å². The van der Waals surface area contributed by atoms with Crippen LogP contribution >= 0.6 is 11.6 Å². The van der Waals surface area contributed by atoms with Gasteiger partial charge >= 0.3 is 5.97 Å². The van der Waals surface area contributed by atoms with Crippen LogP contribution in [0.3, 0.4) is 0 Å². The van der Waals surface area contributed by atoms with Crippen molar-refractivity contribution in [3.8, 4) is 11.4 Å². The zero-order valence-corrected chi connectivity index (χ0v) is 12.9. The Morgan fingerprint density at radius 2 is 2.00 bits per heavy atom. The van der Waals surface area contributed by atoms with Gasteiger partial charge in [-0.2, -0.15) is 5.10 Å². The van der Waals surface area contributed by atoms with E-state index in [0.29, 0.717) is 18.0 Å². The number of ether oxygens (including phenoxy) is 1. The lowest BCUT2D eigenvalue weighted by atomic mass is 10.1. The van der Waals surface area contributed by atoms with E-state index in [1.54, 1.807) is 24.3 Å². The number of carbonyl (C=O) groups is 1. The first kappa shape index (κ1) is 15.4. The Balaban J connectivity index is 2.49. The van der Waals surface area contributed by atoms with Gasteiger partial charge in [-0.25, -0.2) is 9.48 Å². The molecule has 0 amide bonds. The zero-order valence-electron chi connectivity index (χ0n) is 12.1. The first-order valence-corrected chi connectivity index (χ1v) is 7.08. The highest BCUT2D eigenvalue weighted by Crippen LogP contribution is 2.28. The Hall–Kier alpha value is -2.01. The second-order valence-electron chi connectivity index (χ2n) is 4.85. The number of hydrogen-bond acceptors (Lipinski definition) is 3. The van der Waals surface area contributed by atoms with Crippen molar-refractivity contribution in [1.29, 1.82) is 0 Å². The van der Waals surface area contributed by atoms with Gasteiger partial charge in [-0.3, -0.25) is 0 Å². The van der Waals surface area contributed by atoms with E-state index in [4.69, 9.17) is 16.3 Å². The topological polar surface area (TPSA) is 64.4 Å². The van der Waals surface area contributed by atoms with Crippen LogP contribution in [0.5, 0.6) is 5.75 Å². The van der Waals surface area contributed by atoms with Crippen molar-refractivity contribution in [2.75, 3.05) is 6.61 Å². The number of aromatic nitrogens is 2. The fourth-order valence-corrected chi connectivity index (χ4v) is 2.35. The third-order valence-corrected chi connectivity index (χ3v) is 3.36. The molecule has 1 aromatic carbocycles. The minimum absolute atomic E-state index is 0.0300. The zero-order chi connectivity index (χ0) is 15.6. The third-order valence-electron chi connectivity index (χ3n) is 3.01.